The number of thiophene rings is 1. The molecule has 0 bridgehead atoms. The maximum Gasteiger partial charge on any atom is 0.263 e. The molecule has 9 heteroatoms. The molecule has 5 N–H and O–H groups in total. The van der Waals surface area contributed by atoms with Crippen molar-refractivity contribution in [3.8, 4) is 5.75 Å². The van der Waals surface area contributed by atoms with E-state index < -0.39 is 0 Å². The lowest BCUT2D eigenvalue weighted by Gasteiger charge is -2.29. The standard InChI is InChI=1S/C24H29N5O3S/c1-12-4-7-17-20(26)22(33-24(17)27-12)23(30)28-15-8-14-5-6-16(9-19(14)32-11-15)29-10-18(25)21(31-3)13(29)2/h4-7,9,13,15,18,21H,8,10-11,25-26H2,1-3H3,(H,28,30)/t13-,15+,18-,21-/m0/s1. The van der Waals surface area contributed by atoms with Crippen LogP contribution >= 0.6 is 11.3 Å². The van der Waals surface area contributed by atoms with Crippen LogP contribution in [-0.4, -0.2) is 55.4 Å². The number of nitrogens with two attached hydrogens (primary N) is 2. The average Bonchev–Trinajstić information content (AvgIpc) is 3.28. The van der Waals surface area contributed by atoms with Crippen molar-refractivity contribution in [1.29, 1.82) is 0 Å². The molecule has 0 saturated carbocycles. The van der Waals surface area contributed by atoms with Crippen LogP contribution in [0.25, 0.3) is 10.2 Å². The third-order valence-corrected chi connectivity index (χ3v) is 7.75. The van der Waals surface area contributed by atoms with Gasteiger partial charge in [0.05, 0.1) is 29.9 Å². The van der Waals surface area contributed by atoms with E-state index in [0.717, 1.165) is 39.5 Å². The number of nitrogens with one attached hydrogen (secondary N) is 1. The van der Waals surface area contributed by atoms with Gasteiger partial charge in [-0.3, -0.25) is 4.79 Å². The van der Waals surface area contributed by atoms with Gasteiger partial charge in [0.2, 0.25) is 0 Å². The second kappa shape index (κ2) is 8.48. The number of benzene rings is 1. The Morgan fingerprint density at radius 2 is 2.15 bits per heavy atom. The van der Waals surface area contributed by atoms with E-state index in [-0.39, 0.29) is 30.1 Å². The highest BCUT2D eigenvalue weighted by molar-refractivity contribution is 7.21. The molecule has 2 aliphatic rings. The van der Waals surface area contributed by atoms with Crippen LogP contribution < -0.4 is 26.4 Å². The van der Waals surface area contributed by atoms with Crippen LogP contribution in [0.4, 0.5) is 11.4 Å². The van der Waals surface area contributed by atoms with Crippen LogP contribution in [0.15, 0.2) is 30.3 Å². The number of aryl methyl sites for hydroxylation is 1. The second-order valence-corrected chi connectivity index (χ2v) is 9.88. The largest absolute Gasteiger partial charge is 0.491 e. The summed E-state index contributed by atoms with van der Waals surface area (Å²) in [5, 5.41) is 3.90. The summed E-state index contributed by atoms with van der Waals surface area (Å²) in [4.78, 5) is 21.0. The highest BCUT2D eigenvalue weighted by Crippen LogP contribution is 2.35. The molecule has 174 valence electrons. The number of fused-ring (bicyclic) bond motifs is 2. The van der Waals surface area contributed by atoms with Gasteiger partial charge in [-0.1, -0.05) is 6.07 Å². The van der Waals surface area contributed by atoms with E-state index in [4.69, 9.17) is 20.9 Å². The topological polar surface area (TPSA) is 116 Å². The Morgan fingerprint density at radius 1 is 1.33 bits per heavy atom. The van der Waals surface area contributed by atoms with Crippen LogP contribution in [0.3, 0.4) is 0 Å². The SMILES string of the molecule is CO[C@@H]1[C@@H](N)CN(c2ccc3c(c2)OC[C@H](NC(=O)c2sc4nc(C)ccc4c2N)C3)[C@H]1C. The van der Waals surface area contributed by atoms with Gasteiger partial charge in [-0.15, -0.1) is 11.3 Å². The van der Waals surface area contributed by atoms with Gasteiger partial charge in [0.25, 0.3) is 5.91 Å². The summed E-state index contributed by atoms with van der Waals surface area (Å²) >= 11 is 1.32. The smallest absolute Gasteiger partial charge is 0.263 e. The molecule has 1 aromatic carbocycles. The number of nitrogen functional groups attached to an aromatic ring is 1. The van der Waals surface area contributed by atoms with Crippen LogP contribution in [-0.2, 0) is 11.2 Å². The Morgan fingerprint density at radius 3 is 2.91 bits per heavy atom. The minimum absolute atomic E-state index is 0.00185. The molecule has 0 spiro atoms. The number of nitrogens with zero attached hydrogens (tertiary/aromatic N) is 2. The van der Waals surface area contributed by atoms with Crippen molar-refractivity contribution in [2.75, 3.05) is 30.9 Å². The van der Waals surface area contributed by atoms with Crippen LogP contribution in [0.1, 0.15) is 27.9 Å². The highest BCUT2D eigenvalue weighted by atomic mass is 32.1. The van der Waals surface area contributed by atoms with E-state index in [1.807, 2.05) is 19.1 Å². The number of aromatic nitrogens is 1. The van der Waals surface area contributed by atoms with Gasteiger partial charge in [-0.25, -0.2) is 4.98 Å². The van der Waals surface area contributed by atoms with Gasteiger partial charge in [0.1, 0.15) is 22.1 Å². The first-order valence-electron chi connectivity index (χ1n) is 11.1. The lowest BCUT2D eigenvalue weighted by Crippen LogP contribution is -2.42. The lowest BCUT2D eigenvalue weighted by molar-refractivity contribution is 0.0877. The number of amides is 1. The van der Waals surface area contributed by atoms with Crippen molar-refractivity contribution in [3.63, 3.8) is 0 Å². The maximum atomic E-state index is 13.0. The number of carbonyl (C=O) groups excluding carboxylic acids is 1. The molecule has 3 aromatic rings. The van der Waals surface area contributed by atoms with E-state index in [0.29, 0.717) is 23.6 Å². The quantitative estimate of drug-likeness (QED) is 0.540. The molecule has 2 aliphatic heterocycles. The number of anilines is 2. The first kappa shape index (κ1) is 21.9. The zero-order chi connectivity index (χ0) is 23.3. The Bertz CT molecular complexity index is 1210. The predicted molar refractivity (Wildman–Crippen MR) is 131 cm³/mol. The molecular formula is C24H29N5O3S. The number of methoxy groups -OCH3 is 1. The van der Waals surface area contributed by atoms with E-state index in [1.165, 1.54) is 11.3 Å². The van der Waals surface area contributed by atoms with Gasteiger partial charge in [0, 0.05) is 36.5 Å². The number of hydrogen-bond acceptors (Lipinski definition) is 8. The van der Waals surface area contributed by atoms with Crippen molar-refractivity contribution in [2.45, 2.75) is 44.5 Å². The zero-order valence-electron chi connectivity index (χ0n) is 19.0. The first-order chi connectivity index (χ1) is 15.9. The van der Waals surface area contributed by atoms with Crippen molar-refractivity contribution in [3.05, 3.63) is 46.5 Å². The fourth-order valence-corrected chi connectivity index (χ4v) is 5.93. The Labute approximate surface area is 196 Å². The fourth-order valence-electron chi connectivity index (χ4n) is 4.89. The molecule has 1 amide bonds. The van der Waals surface area contributed by atoms with Gasteiger partial charge < -0.3 is 31.2 Å². The third-order valence-electron chi connectivity index (χ3n) is 6.63. The molecule has 1 saturated heterocycles. The number of pyridine rings is 1. The Balaban J connectivity index is 1.29. The molecule has 4 heterocycles. The van der Waals surface area contributed by atoms with Crippen LogP contribution in [0.2, 0.25) is 0 Å². The van der Waals surface area contributed by atoms with E-state index in [1.54, 1.807) is 7.11 Å². The van der Waals surface area contributed by atoms with Gasteiger partial charge in [-0.2, -0.15) is 0 Å². The van der Waals surface area contributed by atoms with Gasteiger partial charge >= 0.3 is 0 Å². The van der Waals surface area contributed by atoms with Crippen molar-refractivity contribution >= 4 is 38.8 Å². The van der Waals surface area contributed by atoms with Crippen molar-refractivity contribution in [1.82, 2.24) is 10.3 Å². The molecule has 0 aliphatic carbocycles. The monoisotopic (exact) mass is 467 g/mol. The summed E-state index contributed by atoms with van der Waals surface area (Å²) in [6.07, 6.45) is 0.696. The molecule has 4 atom stereocenters. The van der Waals surface area contributed by atoms with E-state index in [2.05, 4.69) is 40.3 Å². The Kier molecular flexibility index (Phi) is 5.64. The summed E-state index contributed by atoms with van der Waals surface area (Å²) in [7, 11) is 1.71. The van der Waals surface area contributed by atoms with Gasteiger partial charge in [0.15, 0.2) is 0 Å². The summed E-state index contributed by atoms with van der Waals surface area (Å²) in [5.41, 5.74) is 16.0. The first-order valence-corrected chi connectivity index (χ1v) is 11.9. The molecule has 1 fully saturated rings. The number of hydrogen-bond donors (Lipinski definition) is 3. The van der Waals surface area contributed by atoms with Crippen LogP contribution in [0, 0.1) is 6.92 Å². The fraction of sp³-hybridized carbons (Fsp3) is 0.417. The number of ether oxygens (including phenoxy) is 2. The van der Waals surface area contributed by atoms with Crippen LogP contribution in [0.5, 0.6) is 5.75 Å². The summed E-state index contributed by atoms with van der Waals surface area (Å²) in [6.45, 7) is 5.19. The molecule has 2 aromatic heterocycles. The molecule has 33 heavy (non-hydrogen) atoms. The molecule has 0 radical (unpaired) electrons. The highest BCUT2D eigenvalue weighted by Gasteiger charge is 2.37. The lowest BCUT2D eigenvalue weighted by atomic mass is 10.0. The maximum absolute atomic E-state index is 13.0. The van der Waals surface area contributed by atoms with E-state index >= 15 is 0 Å². The summed E-state index contributed by atoms with van der Waals surface area (Å²) in [6, 6.07) is 10.1. The molecule has 8 nitrogen and oxygen atoms in total. The average molecular weight is 468 g/mol. The molecular weight excluding hydrogens is 438 g/mol. The predicted octanol–water partition coefficient (Wildman–Crippen LogP) is 2.47. The van der Waals surface area contributed by atoms with Crippen molar-refractivity contribution in [2.24, 2.45) is 5.73 Å². The molecule has 0 unspecified atom stereocenters. The van der Waals surface area contributed by atoms with Gasteiger partial charge in [-0.05, 0) is 44.0 Å². The summed E-state index contributed by atoms with van der Waals surface area (Å²) in [5.74, 6) is 0.660. The Hall–Kier alpha value is -2.88. The molecule has 5 rings (SSSR count). The second-order valence-electron chi connectivity index (χ2n) is 8.88. The number of rotatable bonds is 4. The summed E-state index contributed by atoms with van der Waals surface area (Å²) < 4.78 is 11.6. The normalized spacial score (nSPS) is 24.5. The minimum Gasteiger partial charge on any atom is -0.491 e. The minimum atomic E-state index is -0.188. The number of carbonyl (C=O) groups is 1. The zero-order valence-corrected chi connectivity index (χ0v) is 19.8. The third kappa shape index (κ3) is 3.90. The van der Waals surface area contributed by atoms with Crippen molar-refractivity contribution < 1.29 is 14.3 Å². The van der Waals surface area contributed by atoms with E-state index in [9.17, 15) is 4.79 Å².